The first-order valence-electron chi connectivity index (χ1n) is 6.75. The monoisotopic (exact) mass is 290 g/mol. The minimum Gasteiger partial charge on any atom is -0.303 e. The lowest BCUT2D eigenvalue weighted by atomic mass is 10.0. The zero-order valence-electron chi connectivity index (χ0n) is 11.1. The summed E-state index contributed by atoms with van der Waals surface area (Å²) < 4.78 is 0. The van der Waals surface area contributed by atoms with Crippen LogP contribution in [0.1, 0.15) is 34.8 Å². The molecule has 1 aliphatic heterocycles. The van der Waals surface area contributed by atoms with Gasteiger partial charge in [0.1, 0.15) is 5.01 Å². The van der Waals surface area contributed by atoms with Crippen molar-refractivity contribution >= 4 is 23.1 Å². The van der Waals surface area contributed by atoms with E-state index in [2.05, 4.69) is 41.5 Å². The van der Waals surface area contributed by atoms with Crippen molar-refractivity contribution in [3.05, 3.63) is 45.9 Å². The summed E-state index contributed by atoms with van der Waals surface area (Å²) in [7, 11) is 0. The van der Waals surface area contributed by atoms with Crippen LogP contribution in [-0.4, -0.2) is 10.7 Å². The number of thiazole rings is 1. The van der Waals surface area contributed by atoms with E-state index in [1.165, 1.54) is 32.5 Å². The van der Waals surface area contributed by atoms with Gasteiger partial charge in [0, 0.05) is 28.6 Å². The molecule has 1 aromatic carbocycles. The largest absolute Gasteiger partial charge is 0.303 e. The van der Waals surface area contributed by atoms with Crippen LogP contribution < -0.4 is 5.32 Å². The van der Waals surface area contributed by atoms with Crippen LogP contribution in [0, 0.1) is 0 Å². The number of thioether (sulfide) groups is 1. The van der Waals surface area contributed by atoms with Crippen LogP contribution in [0.5, 0.6) is 0 Å². The van der Waals surface area contributed by atoms with Gasteiger partial charge < -0.3 is 5.32 Å². The molecule has 0 radical (unpaired) electrons. The quantitative estimate of drug-likeness (QED) is 0.920. The molecular formula is C15H18N2S2. The standard InChI is InChI=1S/C15H18N2S2/c1-2-11-9-17-15(19-11)10-16-13-7-8-18-14-6-4-3-5-12(13)14/h3-6,9,13,16H,2,7-8,10H2,1H3. The van der Waals surface area contributed by atoms with Crippen LogP contribution in [0.15, 0.2) is 35.4 Å². The molecule has 0 amide bonds. The van der Waals surface area contributed by atoms with E-state index < -0.39 is 0 Å². The van der Waals surface area contributed by atoms with Gasteiger partial charge in [0.25, 0.3) is 0 Å². The lowest BCUT2D eigenvalue weighted by Crippen LogP contribution is -2.24. The highest BCUT2D eigenvalue weighted by Gasteiger charge is 2.19. The molecule has 1 aliphatic rings. The predicted molar refractivity (Wildman–Crippen MR) is 82.9 cm³/mol. The Balaban J connectivity index is 1.68. The smallest absolute Gasteiger partial charge is 0.107 e. The number of nitrogens with zero attached hydrogens (tertiary/aromatic N) is 1. The maximum Gasteiger partial charge on any atom is 0.107 e. The molecule has 4 heteroatoms. The molecule has 2 heterocycles. The molecule has 19 heavy (non-hydrogen) atoms. The fourth-order valence-corrected chi connectivity index (χ4v) is 4.30. The third kappa shape index (κ3) is 3.02. The van der Waals surface area contributed by atoms with Crippen LogP contribution in [0.4, 0.5) is 0 Å². The lowest BCUT2D eigenvalue weighted by molar-refractivity contribution is 0.509. The number of aromatic nitrogens is 1. The molecule has 0 spiro atoms. The highest BCUT2D eigenvalue weighted by molar-refractivity contribution is 7.99. The zero-order chi connectivity index (χ0) is 13.1. The van der Waals surface area contributed by atoms with E-state index in [9.17, 15) is 0 Å². The first kappa shape index (κ1) is 13.2. The Morgan fingerprint density at radius 2 is 2.26 bits per heavy atom. The molecule has 0 aliphatic carbocycles. The Labute approximate surface area is 122 Å². The first-order chi connectivity index (χ1) is 9.36. The van der Waals surface area contributed by atoms with Crippen LogP contribution in [0.25, 0.3) is 0 Å². The fourth-order valence-electron chi connectivity index (χ4n) is 2.36. The van der Waals surface area contributed by atoms with Crippen molar-refractivity contribution in [1.82, 2.24) is 10.3 Å². The molecule has 2 aromatic rings. The third-order valence-electron chi connectivity index (χ3n) is 3.41. The van der Waals surface area contributed by atoms with Gasteiger partial charge in [0.05, 0.1) is 0 Å². The molecule has 100 valence electrons. The van der Waals surface area contributed by atoms with Gasteiger partial charge in [-0.15, -0.1) is 23.1 Å². The molecule has 0 saturated carbocycles. The van der Waals surface area contributed by atoms with Crippen molar-refractivity contribution in [2.45, 2.75) is 37.2 Å². The molecular weight excluding hydrogens is 272 g/mol. The predicted octanol–water partition coefficient (Wildman–Crippen LogP) is 4.03. The minimum absolute atomic E-state index is 0.478. The molecule has 1 N–H and O–H groups in total. The van der Waals surface area contributed by atoms with Gasteiger partial charge in [-0.2, -0.15) is 0 Å². The van der Waals surface area contributed by atoms with E-state index in [4.69, 9.17) is 0 Å². The molecule has 0 saturated heterocycles. The molecule has 3 rings (SSSR count). The second-order valence-corrected chi connectivity index (χ2v) is 7.02. The number of hydrogen-bond donors (Lipinski definition) is 1. The zero-order valence-corrected chi connectivity index (χ0v) is 12.7. The SMILES string of the molecule is CCc1cnc(CNC2CCSc3ccccc32)s1. The van der Waals surface area contributed by atoms with Gasteiger partial charge >= 0.3 is 0 Å². The Morgan fingerprint density at radius 1 is 1.37 bits per heavy atom. The van der Waals surface area contributed by atoms with Crippen LogP contribution in [0.3, 0.4) is 0 Å². The van der Waals surface area contributed by atoms with E-state index in [0.29, 0.717) is 6.04 Å². The topological polar surface area (TPSA) is 24.9 Å². The average molecular weight is 290 g/mol. The normalized spacial score (nSPS) is 18.3. The molecule has 1 aromatic heterocycles. The Kier molecular flexibility index (Phi) is 4.21. The number of benzene rings is 1. The van der Waals surface area contributed by atoms with Crippen molar-refractivity contribution in [3.8, 4) is 0 Å². The minimum atomic E-state index is 0.478. The summed E-state index contributed by atoms with van der Waals surface area (Å²) >= 11 is 3.79. The first-order valence-corrected chi connectivity index (χ1v) is 8.55. The number of hydrogen-bond acceptors (Lipinski definition) is 4. The van der Waals surface area contributed by atoms with Gasteiger partial charge in [-0.05, 0) is 30.2 Å². The second kappa shape index (κ2) is 6.07. The number of aryl methyl sites for hydroxylation is 1. The summed E-state index contributed by atoms with van der Waals surface area (Å²) in [6.07, 6.45) is 4.29. The second-order valence-electron chi connectivity index (χ2n) is 4.68. The van der Waals surface area contributed by atoms with Crippen molar-refractivity contribution < 1.29 is 0 Å². The number of nitrogens with one attached hydrogen (secondary N) is 1. The Morgan fingerprint density at radius 3 is 3.11 bits per heavy atom. The summed E-state index contributed by atoms with van der Waals surface area (Å²) in [5.74, 6) is 1.20. The average Bonchev–Trinajstić information content (AvgIpc) is 2.93. The summed E-state index contributed by atoms with van der Waals surface area (Å²) in [4.78, 5) is 7.28. The molecule has 2 nitrogen and oxygen atoms in total. The van der Waals surface area contributed by atoms with Crippen molar-refractivity contribution in [1.29, 1.82) is 0 Å². The molecule has 1 atom stereocenters. The van der Waals surface area contributed by atoms with Gasteiger partial charge in [-0.25, -0.2) is 4.98 Å². The van der Waals surface area contributed by atoms with E-state index in [1.807, 2.05) is 29.3 Å². The number of rotatable bonds is 4. The fraction of sp³-hybridized carbons (Fsp3) is 0.400. The highest BCUT2D eigenvalue weighted by atomic mass is 32.2. The maximum absolute atomic E-state index is 4.48. The van der Waals surface area contributed by atoms with Crippen LogP contribution in [-0.2, 0) is 13.0 Å². The summed E-state index contributed by atoms with van der Waals surface area (Å²) in [5.41, 5.74) is 1.45. The van der Waals surface area contributed by atoms with E-state index >= 15 is 0 Å². The summed E-state index contributed by atoms with van der Waals surface area (Å²) in [5, 5.41) is 4.87. The van der Waals surface area contributed by atoms with Crippen LogP contribution >= 0.6 is 23.1 Å². The Hall–Kier alpha value is -0.840. The Bertz CT molecular complexity index is 551. The highest BCUT2D eigenvalue weighted by Crippen LogP contribution is 2.35. The molecule has 0 bridgehead atoms. The van der Waals surface area contributed by atoms with E-state index in [1.54, 1.807) is 0 Å². The van der Waals surface area contributed by atoms with Crippen molar-refractivity contribution in [3.63, 3.8) is 0 Å². The van der Waals surface area contributed by atoms with Crippen molar-refractivity contribution in [2.75, 3.05) is 5.75 Å². The maximum atomic E-state index is 4.48. The number of fused-ring (bicyclic) bond motifs is 1. The van der Waals surface area contributed by atoms with Gasteiger partial charge in [-0.3, -0.25) is 0 Å². The lowest BCUT2D eigenvalue weighted by Gasteiger charge is -2.25. The van der Waals surface area contributed by atoms with Crippen LogP contribution in [0.2, 0.25) is 0 Å². The molecule has 1 unspecified atom stereocenters. The van der Waals surface area contributed by atoms with Crippen molar-refractivity contribution in [2.24, 2.45) is 0 Å². The van der Waals surface area contributed by atoms with E-state index in [-0.39, 0.29) is 0 Å². The van der Waals surface area contributed by atoms with E-state index in [0.717, 1.165) is 13.0 Å². The summed E-state index contributed by atoms with van der Waals surface area (Å²) in [6, 6.07) is 9.22. The molecule has 0 fully saturated rings. The van der Waals surface area contributed by atoms with Gasteiger partial charge in [-0.1, -0.05) is 25.1 Å². The summed E-state index contributed by atoms with van der Waals surface area (Å²) in [6.45, 7) is 3.06. The van der Waals surface area contributed by atoms with Gasteiger partial charge in [0.2, 0.25) is 0 Å². The third-order valence-corrected chi connectivity index (χ3v) is 5.67. The van der Waals surface area contributed by atoms with Gasteiger partial charge in [0.15, 0.2) is 0 Å².